The van der Waals surface area contributed by atoms with Crippen molar-refractivity contribution >= 4 is 34.4 Å². The van der Waals surface area contributed by atoms with E-state index in [0.29, 0.717) is 5.82 Å². The van der Waals surface area contributed by atoms with Crippen LogP contribution in [0.25, 0.3) is 0 Å². The molecule has 0 saturated carbocycles. The van der Waals surface area contributed by atoms with Gasteiger partial charge in [-0.1, -0.05) is 0 Å². The molecule has 1 aliphatic rings. The molecule has 2 rings (SSSR count). The molecule has 1 N–H and O–H groups in total. The lowest BCUT2D eigenvalue weighted by atomic mass is 9.96. The van der Waals surface area contributed by atoms with Crippen LogP contribution >= 0.6 is 22.6 Å². The second-order valence-electron chi connectivity index (χ2n) is 4.33. The molecule has 0 aromatic carbocycles. The van der Waals surface area contributed by atoms with Crippen LogP contribution in [0, 0.1) is 15.4 Å². The van der Waals surface area contributed by atoms with Gasteiger partial charge in [-0.2, -0.15) is 13.2 Å². The van der Waals surface area contributed by atoms with E-state index < -0.39 is 24.0 Å². The first-order valence-electron chi connectivity index (χ1n) is 5.45. The van der Waals surface area contributed by atoms with Gasteiger partial charge in [0, 0.05) is 22.9 Å². The van der Waals surface area contributed by atoms with Gasteiger partial charge in [0.15, 0.2) is 0 Å². The van der Waals surface area contributed by atoms with E-state index in [2.05, 4.69) is 4.98 Å². The molecular weight excluding hydrogens is 376 g/mol. The number of carbonyl (C=O) groups is 1. The summed E-state index contributed by atoms with van der Waals surface area (Å²) < 4.78 is 39.3. The van der Waals surface area contributed by atoms with E-state index in [1.807, 2.05) is 22.6 Å². The van der Waals surface area contributed by atoms with Gasteiger partial charge in [-0.05, 0) is 34.7 Å². The Balaban J connectivity index is 2.23. The standard InChI is InChI=1S/C11H10F3IN2O2/c12-11(13,14)8-5-17(4-7(8)10(18)19)9-2-1-6(15)3-16-9/h1-3,7-8H,4-5H2,(H,18,19)/t7-,8-/m1/s1. The van der Waals surface area contributed by atoms with Crippen molar-refractivity contribution in [1.82, 2.24) is 4.98 Å². The predicted octanol–water partition coefficient (Wildman–Crippen LogP) is 2.39. The van der Waals surface area contributed by atoms with Gasteiger partial charge in [0.05, 0.1) is 11.8 Å². The molecule has 4 nitrogen and oxygen atoms in total. The minimum atomic E-state index is -4.51. The number of rotatable bonds is 2. The molecule has 0 unspecified atom stereocenters. The fourth-order valence-corrected chi connectivity index (χ4v) is 2.45. The molecular formula is C11H10F3IN2O2. The number of carboxylic acid groups (broad SMARTS) is 1. The third kappa shape index (κ3) is 3.10. The van der Waals surface area contributed by atoms with Crippen molar-refractivity contribution in [1.29, 1.82) is 0 Å². The van der Waals surface area contributed by atoms with Crippen molar-refractivity contribution < 1.29 is 23.1 Å². The Morgan fingerprint density at radius 2 is 2.11 bits per heavy atom. The zero-order chi connectivity index (χ0) is 14.2. The Kier molecular flexibility index (Phi) is 3.88. The summed E-state index contributed by atoms with van der Waals surface area (Å²) in [5, 5.41) is 8.91. The molecule has 2 atom stereocenters. The van der Waals surface area contributed by atoms with Crippen molar-refractivity contribution in [3.63, 3.8) is 0 Å². The third-order valence-electron chi connectivity index (χ3n) is 3.09. The molecule has 8 heteroatoms. The molecule has 19 heavy (non-hydrogen) atoms. The molecule has 1 fully saturated rings. The second kappa shape index (κ2) is 5.14. The zero-order valence-electron chi connectivity index (χ0n) is 9.56. The topological polar surface area (TPSA) is 53.4 Å². The SMILES string of the molecule is O=C(O)[C@@H]1CN(c2ccc(I)cn2)C[C@H]1C(F)(F)F. The smallest absolute Gasteiger partial charge is 0.394 e. The number of aliphatic carboxylic acids is 1. The van der Waals surface area contributed by atoms with Crippen LogP contribution in [0.2, 0.25) is 0 Å². The number of hydrogen-bond donors (Lipinski definition) is 1. The lowest BCUT2D eigenvalue weighted by Gasteiger charge is -2.18. The van der Waals surface area contributed by atoms with Crippen LogP contribution < -0.4 is 4.90 Å². The van der Waals surface area contributed by atoms with E-state index in [9.17, 15) is 18.0 Å². The molecule has 0 aliphatic carbocycles. The van der Waals surface area contributed by atoms with Crippen LogP contribution in [0.15, 0.2) is 18.3 Å². The second-order valence-corrected chi connectivity index (χ2v) is 5.58. The highest BCUT2D eigenvalue weighted by Crippen LogP contribution is 2.38. The molecule has 0 radical (unpaired) electrons. The number of carboxylic acids is 1. The summed E-state index contributed by atoms with van der Waals surface area (Å²) in [5.41, 5.74) is 0. The van der Waals surface area contributed by atoms with Crippen molar-refractivity contribution in [2.45, 2.75) is 6.18 Å². The highest BCUT2D eigenvalue weighted by molar-refractivity contribution is 14.1. The summed E-state index contributed by atoms with van der Waals surface area (Å²) in [5.74, 6) is -4.35. The van der Waals surface area contributed by atoms with E-state index in [0.717, 1.165) is 3.57 Å². The van der Waals surface area contributed by atoms with Gasteiger partial charge in [0.2, 0.25) is 0 Å². The van der Waals surface area contributed by atoms with Gasteiger partial charge in [0.1, 0.15) is 5.82 Å². The Labute approximate surface area is 120 Å². The molecule has 0 amide bonds. The molecule has 0 bridgehead atoms. The summed E-state index contributed by atoms with van der Waals surface area (Å²) in [6.45, 7) is -0.541. The highest BCUT2D eigenvalue weighted by Gasteiger charge is 2.52. The zero-order valence-corrected chi connectivity index (χ0v) is 11.7. The van der Waals surface area contributed by atoms with Crippen LogP contribution in [0.3, 0.4) is 0 Å². The van der Waals surface area contributed by atoms with Crippen LogP contribution in [0.4, 0.5) is 19.0 Å². The van der Waals surface area contributed by atoms with Gasteiger partial charge in [-0.15, -0.1) is 0 Å². The van der Waals surface area contributed by atoms with E-state index in [-0.39, 0.29) is 13.1 Å². The fourth-order valence-electron chi connectivity index (χ4n) is 2.13. The largest absolute Gasteiger partial charge is 0.481 e. The van der Waals surface area contributed by atoms with E-state index >= 15 is 0 Å². The summed E-state index contributed by atoms with van der Waals surface area (Å²) >= 11 is 2.04. The van der Waals surface area contributed by atoms with Crippen LogP contribution in [0.1, 0.15) is 0 Å². The maximum Gasteiger partial charge on any atom is 0.394 e. The van der Waals surface area contributed by atoms with E-state index in [4.69, 9.17) is 5.11 Å². The number of nitrogens with zero attached hydrogens (tertiary/aromatic N) is 2. The summed E-state index contributed by atoms with van der Waals surface area (Å²) in [6, 6.07) is 3.32. The van der Waals surface area contributed by atoms with Gasteiger partial charge >= 0.3 is 12.1 Å². The summed E-state index contributed by atoms with van der Waals surface area (Å²) in [7, 11) is 0. The summed E-state index contributed by atoms with van der Waals surface area (Å²) in [4.78, 5) is 16.3. The molecule has 1 saturated heterocycles. The lowest BCUT2D eigenvalue weighted by molar-refractivity contribution is -0.187. The number of hydrogen-bond acceptors (Lipinski definition) is 3. The minimum Gasteiger partial charge on any atom is -0.481 e. The number of halogens is 4. The Morgan fingerprint density at radius 1 is 1.42 bits per heavy atom. The Bertz CT molecular complexity index is 478. The minimum absolute atomic E-state index is 0.174. The van der Waals surface area contributed by atoms with Crippen molar-refractivity contribution in [3.8, 4) is 0 Å². The monoisotopic (exact) mass is 386 g/mol. The quantitative estimate of drug-likeness (QED) is 0.794. The van der Waals surface area contributed by atoms with Gasteiger partial charge in [-0.3, -0.25) is 4.79 Å². The van der Waals surface area contributed by atoms with Crippen LogP contribution in [0.5, 0.6) is 0 Å². The first-order chi connectivity index (χ1) is 8.79. The number of alkyl halides is 3. The highest BCUT2D eigenvalue weighted by atomic mass is 127. The molecule has 1 aromatic heterocycles. The van der Waals surface area contributed by atoms with Crippen LogP contribution in [-0.2, 0) is 4.79 Å². The molecule has 104 valence electrons. The average Bonchev–Trinajstić information content (AvgIpc) is 2.74. The fraction of sp³-hybridized carbons (Fsp3) is 0.455. The van der Waals surface area contributed by atoms with Crippen molar-refractivity contribution in [2.24, 2.45) is 11.8 Å². The summed E-state index contributed by atoms with van der Waals surface area (Å²) in [6.07, 6.45) is -2.98. The maximum atomic E-state index is 12.8. The molecule has 0 spiro atoms. The first-order valence-corrected chi connectivity index (χ1v) is 6.53. The number of aromatic nitrogens is 1. The normalized spacial score (nSPS) is 23.7. The Morgan fingerprint density at radius 3 is 2.53 bits per heavy atom. The molecule has 2 heterocycles. The third-order valence-corrected chi connectivity index (χ3v) is 3.73. The van der Waals surface area contributed by atoms with Gasteiger partial charge < -0.3 is 10.0 Å². The lowest BCUT2D eigenvalue weighted by Crippen LogP contribution is -2.33. The first kappa shape index (κ1) is 14.4. The van der Waals surface area contributed by atoms with Gasteiger partial charge in [-0.25, -0.2) is 4.98 Å². The van der Waals surface area contributed by atoms with Crippen LogP contribution in [-0.4, -0.2) is 35.3 Å². The maximum absolute atomic E-state index is 12.8. The number of pyridine rings is 1. The molecule has 1 aliphatic heterocycles. The van der Waals surface area contributed by atoms with Crippen molar-refractivity contribution in [3.05, 3.63) is 21.9 Å². The van der Waals surface area contributed by atoms with E-state index in [1.165, 1.54) is 11.1 Å². The van der Waals surface area contributed by atoms with Crippen molar-refractivity contribution in [2.75, 3.05) is 18.0 Å². The predicted molar refractivity (Wildman–Crippen MR) is 69.8 cm³/mol. The van der Waals surface area contributed by atoms with Gasteiger partial charge in [0.25, 0.3) is 0 Å². The average molecular weight is 386 g/mol. The Hall–Kier alpha value is -1.06. The number of anilines is 1. The van der Waals surface area contributed by atoms with E-state index in [1.54, 1.807) is 12.1 Å². The molecule has 1 aromatic rings.